The smallest absolute Gasteiger partial charge is 0.244 e. The van der Waals surface area contributed by atoms with E-state index in [0.29, 0.717) is 4.47 Å². The van der Waals surface area contributed by atoms with Crippen molar-refractivity contribution >= 4 is 26.0 Å². The maximum atomic E-state index is 12.3. The summed E-state index contributed by atoms with van der Waals surface area (Å²) in [5.41, 5.74) is -0.895. The van der Waals surface area contributed by atoms with Gasteiger partial charge in [0, 0.05) is 17.6 Å². The molecule has 0 saturated carbocycles. The quantitative estimate of drug-likeness (QED) is 0.918. The molecule has 1 aliphatic heterocycles. The largest absolute Gasteiger partial charge is 0.387 e. The molecule has 0 amide bonds. The maximum Gasteiger partial charge on any atom is 0.244 e. The van der Waals surface area contributed by atoms with E-state index in [4.69, 9.17) is 0 Å². The van der Waals surface area contributed by atoms with Crippen LogP contribution in [0.5, 0.6) is 0 Å². The van der Waals surface area contributed by atoms with E-state index in [1.807, 2.05) is 13.8 Å². The molecule has 1 N–H and O–H groups in total. The van der Waals surface area contributed by atoms with Crippen molar-refractivity contribution in [2.45, 2.75) is 24.3 Å². The number of rotatable bonds is 3. The third-order valence-corrected chi connectivity index (χ3v) is 6.23. The van der Waals surface area contributed by atoms with Gasteiger partial charge >= 0.3 is 0 Å². The molecule has 18 heavy (non-hydrogen) atoms. The number of nitrogens with zero attached hydrogens (tertiary/aromatic N) is 1. The Hall–Kier alpha value is -0.430. The molecule has 0 atom stereocenters. The van der Waals surface area contributed by atoms with Crippen LogP contribution < -0.4 is 0 Å². The summed E-state index contributed by atoms with van der Waals surface area (Å²) in [6, 6.07) is 6.71. The predicted octanol–water partition coefficient (Wildman–Crippen LogP) is 1.84. The third-order valence-electron chi connectivity index (χ3n) is 3.43. The van der Waals surface area contributed by atoms with Gasteiger partial charge in [-0.25, -0.2) is 8.42 Å². The van der Waals surface area contributed by atoms with Gasteiger partial charge in [-0.05, 0) is 34.0 Å². The summed E-state index contributed by atoms with van der Waals surface area (Å²) in [6.45, 7) is 4.10. The minimum absolute atomic E-state index is 0.0446. The first-order valence-corrected chi connectivity index (χ1v) is 7.98. The Morgan fingerprint density at radius 3 is 2.39 bits per heavy atom. The van der Waals surface area contributed by atoms with Crippen molar-refractivity contribution in [1.82, 2.24) is 4.31 Å². The summed E-state index contributed by atoms with van der Waals surface area (Å²) in [5.74, 6) is 0.0446. The predicted molar refractivity (Wildman–Crippen MR) is 72.7 cm³/mol. The number of sulfonamides is 1. The number of aliphatic hydroxyl groups is 1. The Balaban J connectivity index is 2.24. The van der Waals surface area contributed by atoms with Crippen LogP contribution in [0.2, 0.25) is 0 Å². The Kier molecular flexibility index (Phi) is 3.57. The molecule has 100 valence electrons. The van der Waals surface area contributed by atoms with Crippen molar-refractivity contribution < 1.29 is 13.5 Å². The van der Waals surface area contributed by atoms with Gasteiger partial charge in [0.15, 0.2) is 0 Å². The van der Waals surface area contributed by atoms with Gasteiger partial charge in [0.25, 0.3) is 0 Å². The van der Waals surface area contributed by atoms with Crippen molar-refractivity contribution in [2.75, 3.05) is 13.1 Å². The molecule has 0 unspecified atom stereocenters. The Bertz CT molecular complexity index is 550. The average Bonchev–Trinajstić information content (AvgIpc) is 2.24. The highest BCUT2D eigenvalue weighted by atomic mass is 79.9. The standard InChI is InChI=1S/C12H16BrNO3S/c1-9(2)12(15)7-14(8-12)18(16,17)11-6-4-3-5-10(11)13/h3-6,9,15H,7-8H2,1-2H3. The first-order chi connectivity index (χ1) is 8.27. The molecule has 4 nitrogen and oxygen atoms in total. The van der Waals surface area contributed by atoms with Gasteiger partial charge in [-0.2, -0.15) is 4.31 Å². The van der Waals surface area contributed by atoms with Crippen LogP contribution in [0.1, 0.15) is 13.8 Å². The summed E-state index contributed by atoms with van der Waals surface area (Å²) < 4.78 is 26.5. The zero-order valence-corrected chi connectivity index (χ0v) is 12.7. The van der Waals surface area contributed by atoms with Crippen LogP contribution in [0, 0.1) is 5.92 Å². The summed E-state index contributed by atoms with van der Waals surface area (Å²) in [6.07, 6.45) is 0. The fraction of sp³-hybridized carbons (Fsp3) is 0.500. The van der Waals surface area contributed by atoms with E-state index in [0.717, 1.165) is 0 Å². The summed E-state index contributed by atoms with van der Waals surface area (Å²) in [7, 11) is -3.51. The topological polar surface area (TPSA) is 57.6 Å². The normalized spacial score (nSPS) is 19.8. The molecular formula is C12H16BrNO3S. The van der Waals surface area contributed by atoms with Crippen LogP contribution in [-0.4, -0.2) is 36.5 Å². The van der Waals surface area contributed by atoms with Crippen LogP contribution in [-0.2, 0) is 10.0 Å². The van der Waals surface area contributed by atoms with Crippen LogP contribution in [0.3, 0.4) is 0 Å². The summed E-state index contributed by atoms with van der Waals surface area (Å²) in [4.78, 5) is 0.246. The molecule has 0 radical (unpaired) electrons. The Morgan fingerprint density at radius 1 is 1.33 bits per heavy atom. The number of β-amino-alcohol motifs (C(OH)–C–C–N with tert-alkyl or cyclic N) is 1. The van der Waals surface area contributed by atoms with Gasteiger partial charge in [0.2, 0.25) is 10.0 Å². The Labute approximate surface area is 116 Å². The summed E-state index contributed by atoms with van der Waals surface area (Å²) >= 11 is 3.24. The van der Waals surface area contributed by atoms with Crippen molar-refractivity contribution in [1.29, 1.82) is 0 Å². The van der Waals surface area contributed by atoms with Crippen LogP contribution >= 0.6 is 15.9 Å². The highest BCUT2D eigenvalue weighted by Crippen LogP contribution is 2.34. The minimum atomic E-state index is -3.51. The van der Waals surface area contributed by atoms with Crippen molar-refractivity contribution in [3.05, 3.63) is 28.7 Å². The molecule has 1 fully saturated rings. The molecule has 0 spiro atoms. The zero-order chi connectivity index (χ0) is 13.6. The van der Waals surface area contributed by atoms with Crippen LogP contribution in [0.25, 0.3) is 0 Å². The lowest BCUT2D eigenvalue weighted by Crippen LogP contribution is -2.65. The molecule has 1 aromatic rings. The second-order valence-electron chi connectivity index (χ2n) is 4.96. The monoisotopic (exact) mass is 333 g/mol. The lowest BCUT2D eigenvalue weighted by Gasteiger charge is -2.47. The number of hydrogen-bond acceptors (Lipinski definition) is 3. The molecule has 0 bridgehead atoms. The molecule has 1 saturated heterocycles. The summed E-state index contributed by atoms with van der Waals surface area (Å²) in [5, 5.41) is 10.1. The highest BCUT2D eigenvalue weighted by molar-refractivity contribution is 9.10. The van der Waals surface area contributed by atoms with E-state index in [2.05, 4.69) is 15.9 Å². The number of halogens is 1. The van der Waals surface area contributed by atoms with Gasteiger partial charge < -0.3 is 5.11 Å². The number of benzene rings is 1. The second-order valence-corrected chi connectivity index (χ2v) is 7.72. The molecule has 2 rings (SSSR count). The average molecular weight is 334 g/mol. The zero-order valence-electron chi connectivity index (χ0n) is 10.3. The first-order valence-electron chi connectivity index (χ1n) is 5.74. The second kappa shape index (κ2) is 4.59. The van der Waals surface area contributed by atoms with Crippen molar-refractivity contribution in [2.24, 2.45) is 5.92 Å². The lowest BCUT2D eigenvalue weighted by molar-refractivity contribution is -0.0932. The Morgan fingerprint density at radius 2 is 1.89 bits per heavy atom. The molecule has 6 heteroatoms. The molecule has 0 aliphatic carbocycles. The molecule has 0 aromatic heterocycles. The van der Waals surface area contributed by atoms with Crippen LogP contribution in [0.15, 0.2) is 33.6 Å². The fourth-order valence-electron chi connectivity index (χ4n) is 1.89. The lowest BCUT2D eigenvalue weighted by atomic mass is 9.85. The highest BCUT2D eigenvalue weighted by Gasteiger charge is 2.49. The van der Waals surface area contributed by atoms with E-state index in [1.54, 1.807) is 24.3 Å². The molecule has 1 heterocycles. The molecule has 1 aliphatic rings. The van der Waals surface area contributed by atoms with Crippen molar-refractivity contribution in [3.63, 3.8) is 0 Å². The van der Waals surface area contributed by atoms with Gasteiger partial charge in [-0.1, -0.05) is 26.0 Å². The first kappa shape index (κ1) is 14.0. The maximum absolute atomic E-state index is 12.3. The fourth-order valence-corrected chi connectivity index (χ4v) is 4.42. The third kappa shape index (κ3) is 2.22. The van der Waals surface area contributed by atoms with E-state index in [-0.39, 0.29) is 23.9 Å². The molecular weight excluding hydrogens is 318 g/mol. The minimum Gasteiger partial charge on any atom is -0.387 e. The van der Waals surface area contributed by atoms with Gasteiger partial charge in [0.1, 0.15) is 0 Å². The van der Waals surface area contributed by atoms with E-state index in [9.17, 15) is 13.5 Å². The van der Waals surface area contributed by atoms with Gasteiger partial charge in [-0.15, -0.1) is 0 Å². The SMILES string of the molecule is CC(C)C1(O)CN(S(=O)(=O)c2ccccc2Br)C1. The van der Waals surface area contributed by atoms with E-state index < -0.39 is 15.6 Å². The number of hydrogen-bond donors (Lipinski definition) is 1. The molecule has 1 aromatic carbocycles. The van der Waals surface area contributed by atoms with E-state index in [1.165, 1.54) is 4.31 Å². The van der Waals surface area contributed by atoms with Gasteiger partial charge in [0.05, 0.1) is 10.5 Å². The van der Waals surface area contributed by atoms with Crippen LogP contribution in [0.4, 0.5) is 0 Å². The van der Waals surface area contributed by atoms with Crippen molar-refractivity contribution in [3.8, 4) is 0 Å². The van der Waals surface area contributed by atoms with E-state index >= 15 is 0 Å². The van der Waals surface area contributed by atoms with Gasteiger partial charge in [-0.3, -0.25) is 0 Å².